The number of carbonyl (C=O) groups is 1. The van der Waals surface area contributed by atoms with E-state index < -0.39 is 0 Å². The van der Waals surface area contributed by atoms with Gasteiger partial charge in [0, 0.05) is 50.3 Å². The van der Waals surface area contributed by atoms with Crippen molar-refractivity contribution in [2.24, 2.45) is 0 Å². The average molecular weight is 386 g/mol. The van der Waals surface area contributed by atoms with Crippen molar-refractivity contribution in [2.75, 3.05) is 42.5 Å². The number of benzene rings is 2. The van der Waals surface area contributed by atoms with Crippen molar-refractivity contribution in [3.8, 4) is 0 Å². The van der Waals surface area contributed by atoms with Crippen molar-refractivity contribution in [1.29, 1.82) is 0 Å². The number of carbonyl (C=O) groups excluding carboxylic acids is 1. The van der Waals surface area contributed by atoms with Gasteiger partial charge < -0.3 is 14.7 Å². The van der Waals surface area contributed by atoms with Crippen LogP contribution < -0.4 is 9.80 Å². The first-order valence-electron chi connectivity index (χ1n) is 10.1. The van der Waals surface area contributed by atoms with Crippen LogP contribution in [0.3, 0.4) is 0 Å². The molecule has 0 atom stereocenters. The molecule has 0 spiro atoms. The summed E-state index contributed by atoms with van der Waals surface area (Å²) in [4.78, 5) is 23.9. The molecule has 1 amide bonds. The highest BCUT2D eigenvalue weighted by molar-refractivity contribution is 5.94. The predicted octanol–water partition coefficient (Wildman–Crippen LogP) is 4.20. The molecule has 5 nitrogen and oxygen atoms in total. The van der Waals surface area contributed by atoms with Crippen LogP contribution in [0.4, 0.5) is 17.2 Å². The van der Waals surface area contributed by atoms with Crippen LogP contribution in [0, 0.1) is 0 Å². The summed E-state index contributed by atoms with van der Waals surface area (Å²) in [5.41, 5.74) is 2.95. The van der Waals surface area contributed by atoms with Crippen molar-refractivity contribution < 1.29 is 4.79 Å². The molecule has 1 aromatic heterocycles. The van der Waals surface area contributed by atoms with Gasteiger partial charge in [0.15, 0.2) is 0 Å². The zero-order valence-electron chi connectivity index (χ0n) is 16.7. The van der Waals surface area contributed by atoms with Crippen LogP contribution in [-0.4, -0.2) is 48.5 Å². The first-order chi connectivity index (χ1) is 14.3. The Balaban J connectivity index is 1.41. The molecule has 4 rings (SSSR count). The largest absolute Gasteiger partial charge is 0.368 e. The average Bonchev–Trinajstić information content (AvgIpc) is 2.81. The lowest BCUT2D eigenvalue weighted by Gasteiger charge is -2.36. The van der Waals surface area contributed by atoms with E-state index >= 15 is 0 Å². The standard InChI is InChI=1S/C24H26N4O/c1-2-28(22-11-7-4-8-12-22)23-14-13-20(19-25-23)24(29)27-17-15-26(16-18-27)21-9-5-3-6-10-21/h3-14,19H,2,15-18H2,1H3. The molecule has 148 valence electrons. The quantitative estimate of drug-likeness (QED) is 0.659. The van der Waals surface area contributed by atoms with Crippen LogP contribution in [-0.2, 0) is 0 Å². The first-order valence-corrected chi connectivity index (χ1v) is 10.1. The van der Waals surface area contributed by atoms with Crippen molar-refractivity contribution in [3.05, 3.63) is 84.6 Å². The van der Waals surface area contributed by atoms with Crippen LogP contribution >= 0.6 is 0 Å². The third kappa shape index (κ3) is 4.24. The fraction of sp³-hybridized carbons (Fsp3) is 0.250. The maximum Gasteiger partial charge on any atom is 0.255 e. The Morgan fingerprint density at radius 2 is 1.55 bits per heavy atom. The number of hydrogen-bond acceptors (Lipinski definition) is 4. The molecule has 2 heterocycles. The van der Waals surface area contributed by atoms with E-state index in [4.69, 9.17) is 0 Å². The van der Waals surface area contributed by atoms with E-state index in [9.17, 15) is 4.79 Å². The topological polar surface area (TPSA) is 39.7 Å². The Kier molecular flexibility index (Phi) is 5.75. The summed E-state index contributed by atoms with van der Waals surface area (Å²) < 4.78 is 0. The fourth-order valence-electron chi connectivity index (χ4n) is 3.75. The van der Waals surface area contributed by atoms with Crippen molar-refractivity contribution in [1.82, 2.24) is 9.88 Å². The van der Waals surface area contributed by atoms with E-state index in [1.807, 2.05) is 41.3 Å². The van der Waals surface area contributed by atoms with Gasteiger partial charge in [-0.25, -0.2) is 4.98 Å². The molecule has 0 radical (unpaired) electrons. The van der Waals surface area contributed by atoms with E-state index in [1.165, 1.54) is 5.69 Å². The minimum atomic E-state index is 0.0551. The number of amides is 1. The molecule has 29 heavy (non-hydrogen) atoms. The monoisotopic (exact) mass is 386 g/mol. The lowest BCUT2D eigenvalue weighted by molar-refractivity contribution is 0.0746. The molecule has 1 fully saturated rings. The van der Waals surface area contributed by atoms with Gasteiger partial charge in [-0.15, -0.1) is 0 Å². The molecule has 2 aromatic carbocycles. The molecule has 0 saturated carbocycles. The van der Waals surface area contributed by atoms with Crippen molar-refractivity contribution >= 4 is 23.1 Å². The molecular weight excluding hydrogens is 360 g/mol. The minimum absolute atomic E-state index is 0.0551. The van der Waals surface area contributed by atoms with Crippen LogP contribution in [0.15, 0.2) is 79.0 Å². The maximum atomic E-state index is 12.9. The van der Waals surface area contributed by atoms with Crippen molar-refractivity contribution in [2.45, 2.75) is 6.92 Å². The van der Waals surface area contributed by atoms with Gasteiger partial charge in [-0.3, -0.25) is 4.79 Å². The summed E-state index contributed by atoms with van der Waals surface area (Å²) in [6.45, 7) is 6.05. The highest BCUT2D eigenvalue weighted by Crippen LogP contribution is 2.23. The normalized spacial score (nSPS) is 14.0. The Bertz CT molecular complexity index is 920. The number of para-hydroxylation sites is 2. The number of pyridine rings is 1. The summed E-state index contributed by atoms with van der Waals surface area (Å²) in [6, 6.07) is 24.4. The van der Waals surface area contributed by atoms with E-state index in [-0.39, 0.29) is 5.91 Å². The first kappa shape index (κ1) is 19.0. The summed E-state index contributed by atoms with van der Waals surface area (Å²) >= 11 is 0. The SMILES string of the molecule is CCN(c1ccccc1)c1ccc(C(=O)N2CCN(c3ccccc3)CC2)cn1. The highest BCUT2D eigenvalue weighted by atomic mass is 16.2. The number of nitrogens with zero attached hydrogens (tertiary/aromatic N) is 4. The number of rotatable bonds is 5. The second kappa shape index (κ2) is 8.78. The molecule has 0 unspecified atom stereocenters. The van der Waals surface area contributed by atoms with Gasteiger partial charge in [-0.05, 0) is 43.3 Å². The Hall–Kier alpha value is -3.34. The molecule has 5 heteroatoms. The summed E-state index contributed by atoms with van der Waals surface area (Å²) in [7, 11) is 0. The summed E-state index contributed by atoms with van der Waals surface area (Å²) in [5, 5.41) is 0. The van der Waals surface area contributed by atoms with Crippen LogP contribution in [0.25, 0.3) is 0 Å². The van der Waals surface area contributed by atoms with E-state index in [2.05, 4.69) is 58.1 Å². The predicted molar refractivity (Wildman–Crippen MR) is 118 cm³/mol. The van der Waals surface area contributed by atoms with Gasteiger partial charge >= 0.3 is 0 Å². The van der Waals surface area contributed by atoms with Gasteiger partial charge in [0.25, 0.3) is 5.91 Å². The lowest BCUT2D eigenvalue weighted by Crippen LogP contribution is -2.48. The molecule has 0 aliphatic carbocycles. The second-order valence-corrected chi connectivity index (χ2v) is 7.10. The minimum Gasteiger partial charge on any atom is -0.368 e. The van der Waals surface area contributed by atoms with Gasteiger partial charge in [0.05, 0.1) is 5.56 Å². The lowest BCUT2D eigenvalue weighted by atomic mass is 10.2. The zero-order valence-corrected chi connectivity index (χ0v) is 16.7. The number of hydrogen-bond donors (Lipinski definition) is 0. The van der Waals surface area contributed by atoms with Gasteiger partial charge in [0.1, 0.15) is 5.82 Å². The van der Waals surface area contributed by atoms with E-state index in [1.54, 1.807) is 6.20 Å². The van der Waals surface area contributed by atoms with Crippen molar-refractivity contribution in [3.63, 3.8) is 0 Å². The highest BCUT2D eigenvalue weighted by Gasteiger charge is 2.22. The molecule has 1 saturated heterocycles. The van der Waals surface area contributed by atoms with E-state index in [0.717, 1.165) is 44.2 Å². The summed E-state index contributed by atoms with van der Waals surface area (Å²) in [5.74, 6) is 0.906. The number of anilines is 3. The third-order valence-electron chi connectivity index (χ3n) is 5.34. The molecule has 1 aliphatic rings. The van der Waals surface area contributed by atoms with Gasteiger partial charge in [0.2, 0.25) is 0 Å². The Morgan fingerprint density at radius 3 is 2.14 bits per heavy atom. The smallest absolute Gasteiger partial charge is 0.255 e. The fourth-order valence-corrected chi connectivity index (χ4v) is 3.75. The Morgan fingerprint density at radius 1 is 0.897 bits per heavy atom. The summed E-state index contributed by atoms with van der Waals surface area (Å²) in [6.07, 6.45) is 1.70. The molecule has 1 aliphatic heterocycles. The molecular formula is C24H26N4O. The number of aromatic nitrogens is 1. The maximum absolute atomic E-state index is 12.9. The van der Waals surface area contributed by atoms with Crippen LogP contribution in [0.5, 0.6) is 0 Å². The van der Waals surface area contributed by atoms with Crippen LogP contribution in [0.2, 0.25) is 0 Å². The number of piperazine rings is 1. The second-order valence-electron chi connectivity index (χ2n) is 7.10. The molecule has 0 bridgehead atoms. The third-order valence-corrected chi connectivity index (χ3v) is 5.34. The molecule has 3 aromatic rings. The van der Waals surface area contributed by atoms with Crippen LogP contribution in [0.1, 0.15) is 17.3 Å². The molecule has 0 N–H and O–H groups in total. The van der Waals surface area contributed by atoms with E-state index in [0.29, 0.717) is 5.56 Å². The zero-order chi connectivity index (χ0) is 20.1. The van der Waals surface area contributed by atoms with Gasteiger partial charge in [-0.2, -0.15) is 0 Å². The Labute approximate surface area is 172 Å². The van der Waals surface area contributed by atoms with Gasteiger partial charge in [-0.1, -0.05) is 36.4 Å².